The number of amides is 3. The number of hydrogen-bond donors (Lipinski definition) is 2. The van der Waals surface area contributed by atoms with E-state index in [0.29, 0.717) is 0 Å². The Morgan fingerprint density at radius 3 is 2.74 bits per heavy atom. The molecular formula is C16H17FN2O4. The molecule has 0 radical (unpaired) electrons. The largest absolute Gasteiger partial charge is 0.456 e. The maximum atomic E-state index is 13.3. The lowest BCUT2D eigenvalue weighted by Gasteiger charge is -2.09. The first-order valence-corrected chi connectivity index (χ1v) is 7.22. The molecule has 1 atom stereocenters. The number of para-hydroxylation sites is 1. The summed E-state index contributed by atoms with van der Waals surface area (Å²) in [7, 11) is 0. The number of carbonyl (C=O) groups is 3. The monoisotopic (exact) mass is 320 g/mol. The van der Waals surface area contributed by atoms with Crippen LogP contribution in [0.2, 0.25) is 0 Å². The fourth-order valence-electron chi connectivity index (χ4n) is 2.16. The van der Waals surface area contributed by atoms with E-state index in [9.17, 15) is 18.8 Å². The number of urea groups is 1. The Labute approximate surface area is 132 Å². The van der Waals surface area contributed by atoms with Crippen LogP contribution in [0.4, 0.5) is 14.9 Å². The summed E-state index contributed by atoms with van der Waals surface area (Å²) in [5.74, 6) is -1.75. The lowest BCUT2D eigenvalue weighted by Crippen LogP contribution is -2.37. The van der Waals surface area contributed by atoms with E-state index in [4.69, 9.17) is 4.74 Å². The van der Waals surface area contributed by atoms with Gasteiger partial charge in [0, 0.05) is 0 Å². The van der Waals surface area contributed by atoms with E-state index in [1.165, 1.54) is 18.2 Å². The average molecular weight is 320 g/mol. The molecule has 23 heavy (non-hydrogen) atoms. The van der Waals surface area contributed by atoms with Crippen molar-refractivity contribution in [2.24, 2.45) is 5.92 Å². The van der Waals surface area contributed by atoms with E-state index in [2.05, 4.69) is 5.32 Å². The van der Waals surface area contributed by atoms with Crippen LogP contribution in [0.5, 0.6) is 0 Å². The smallest absolute Gasteiger partial charge is 0.326 e. The highest BCUT2D eigenvalue weighted by Gasteiger charge is 2.17. The molecule has 3 amide bonds. The number of rotatable bonds is 5. The second-order valence-corrected chi connectivity index (χ2v) is 5.11. The lowest BCUT2D eigenvalue weighted by molar-refractivity contribution is -0.148. The molecule has 0 heterocycles. The molecule has 6 nitrogen and oxygen atoms in total. The molecule has 0 spiro atoms. The zero-order valence-electron chi connectivity index (χ0n) is 12.4. The third-order valence-electron chi connectivity index (χ3n) is 3.28. The maximum Gasteiger partial charge on any atom is 0.326 e. The van der Waals surface area contributed by atoms with Gasteiger partial charge in [-0.2, -0.15) is 0 Å². The first-order chi connectivity index (χ1) is 11.0. The minimum absolute atomic E-state index is 0.0529. The first kappa shape index (κ1) is 16.7. The number of hydrogen-bond acceptors (Lipinski definition) is 4. The number of imide groups is 1. The summed E-state index contributed by atoms with van der Waals surface area (Å²) in [6, 6.07) is 4.66. The summed E-state index contributed by atoms with van der Waals surface area (Å²) in [6.07, 6.45) is 5.99. The van der Waals surface area contributed by atoms with Gasteiger partial charge < -0.3 is 10.1 Å². The van der Waals surface area contributed by atoms with Crippen molar-refractivity contribution in [2.45, 2.75) is 19.3 Å². The van der Waals surface area contributed by atoms with E-state index < -0.39 is 30.3 Å². The normalized spacial score (nSPS) is 16.0. The Balaban J connectivity index is 1.69. The predicted molar refractivity (Wildman–Crippen MR) is 81.0 cm³/mol. The fourth-order valence-corrected chi connectivity index (χ4v) is 2.16. The van der Waals surface area contributed by atoms with Gasteiger partial charge in [-0.15, -0.1) is 0 Å². The van der Waals surface area contributed by atoms with Crippen LogP contribution in [-0.4, -0.2) is 24.5 Å². The van der Waals surface area contributed by atoms with Crippen molar-refractivity contribution in [2.75, 3.05) is 11.9 Å². The van der Waals surface area contributed by atoms with Gasteiger partial charge in [0.05, 0.1) is 12.1 Å². The molecule has 0 unspecified atom stereocenters. The molecule has 1 aliphatic carbocycles. The second-order valence-electron chi connectivity index (χ2n) is 5.11. The summed E-state index contributed by atoms with van der Waals surface area (Å²) in [5, 5.41) is 4.15. The molecule has 1 aliphatic rings. The van der Waals surface area contributed by atoms with Gasteiger partial charge in [-0.05, 0) is 30.9 Å². The van der Waals surface area contributed by atoms with Gasteiger partial charge in [0.15, 0.2) is 6.61 Å². The van der Waals surface area contributed by atoms with Crippen LogP contribution in [0.3, 0.4) is 0 Å². The zero-order chi connectivity index (χ0) is 16.7. The van der Waals surface area contributed by atoms with Gasteiger partial charge in [0.1, 0.15) is 5.82 Å². The van der Waals surface area contributed by atoms with E-state index in [-0.39, 0.29) is 18.0 Å². The molecule has 1 aromatic carbocycles. The van der Waals surface area contributed by atoms with Crippen molar-refractivity contribution in [1.82, 2.24) is 5.32 Å². The van der Waals surface area contributed by atoms with Crippen LogP contribution in [-0.2, 0) is 14.3 Å². The minimum atomic E-state index is -0.894. The maximum absolute atomic E-state index is 13.3. The Hall–Kier alpha value is -2.70. The summed E-state index contributed by atoms with van der Waals surface area (Å²) < 4.78 is 18.1. The highest BCUT2D eigenvalue weighted by atomic mass is 19.1. The van der Waals surface area contributed by atoms with Crippen LogP contribution < -0.4 is 10.6 Å². The molecule has 0 saturated carbocycles. The molecule has 0 bridgehead atoms. The third-order valence-corrected chi connectivity index (χ3v) is 3.28. The number of carbonyl (C=O) groups excluding carboxylic acids is 3. The number of ether oxygens (including phenoxy) is 1. The minimum Gasteiger partial charge on any atom is -0.456 e. The van der Waals surface area contributed by atoms with Crippen molar-refractivity contribution in [1.29, 1.82) is 0 Å². The Kier molecular flexibility index (Phi) is 5.85. The van der Waals surface area contributed by atoms with Gasteiger partial charge in [-0.3, -0.25) is 14.9 Å². The molecule has 7 heteroatoms. The number of nitrogens with one attached hydrogen (secondary N) is 2. The molecule has 0 fully saturated rings. The van der Waals surface area contributed by atoms with Crippen molar-refractivity contribution in [3.8, 4) is 0 Å². The standard InChI is InChI=1S/C16H17FN2O4/c17-12-7-3-4-8-13(12)18-16(22)19-14(20)10-23-15(21)9-11-5-1-2-6-11/h1,3-5,7-8,11H,2,6,9-10H2,(H2,18,19,20,22)/t11-/m0/s1. The van der Waals surface area contributed by atoms with Gasteiger partial charge in [-0.1, -0.05) is 24.3 Å². The summed E-state index contributed by atoms with van der Waals surface area (Å²) in [5.41, 5.74) is -0.0529. The second kappa shape index (κ2) is 8.07. The Morgan fingerprint density at radius 2 is 2.04 bits per heavy atom. The third kappa shape index (κ3) is 5.54. The lowest BCUT2D eigenvalue weighted by atomic mass is 10.1. The molecule has 2 N–H and O–H groups in total. The SMILES string of the molecule is O=C(COC(=O)C[C@H]1C=CCC1)NC(=O)Nc1ccccc1F. The molecule has 2 rings (SSSR count). The van der Waals surface area contributed by atoms with Crippen LogP contribution in [0.15, 0.2) is 36.4 Å². The predicted octanol–water partition coefficient (Wildman–Crippen LogP) is 2.37. The van der Waals surface area contributed by atoms with Crippen LogP contribution in [0, 0.1) is 11.7 Å². The fraction of sp³-hybridized carbons (Fsp3) is 0.312. The van der Waals surface area contributed by atoms with Crippen molar-refractivity contribution >= 4 is 23.6 Å². The van der Waals surface area contributed by atoms with Gasteiger partial charge in [-0.25, -0.2) is 9.18 Å². The molecule has 0 aromatic heterocycles. The average Bonchev–Trinajstić information content (AvgIpc) is 3.00. The van der Waals surface area contributed by atoms with E-state index in [0.717, 1.165) is 12.8 Å². The highest BCUT2D eigenvalue weighted by molar-refractivity contribution is 6.01. The Morgan fingerprint density at radius 1 is 1.26 bits per heavy atom. The highest BCUT2D eigenvalue weighted by Crippen LogP contribution is 2.20. The number of benzene rings is 1. The van der Waals surface area contributed by atoms with E-state index in [1.54, 1.807) is 6.07 Å². The van der Waals surface area contributed by atoms with Crippen LogP contribution >= 0.6 is 0 Å². The van der Waals surface area contributed by atoms with Crippen LogP contribution in [0.25, 0.3) is 0 Å². The molecular weight excluding hydrogens is 303 g/mol. The van der Waals surface area contributed by atoms with Crippen molar-refractivity contribution < 1.29 is 23.5 Å². The Bertz CT molecular complexity index is 630. The van der Waals surface area contributed by atoms with Gasteiger partial charge in [0.25, 0.3) is 5.91 Å². The number of esters is 1. The molecule has 0 aliphatic heterocycles. The summed E-state index contributed by atoms with van der Waals surface area (Å²) in [4.78, 5) is 34.6. The number of halogens is 1. The van der Waals surface area contributed by atoms with E-state index in [1.807, 2.05) is 17.5 Å². The molecule has 0 saturated heterocycles. The van der Waals surface area contributed by atoms with E-state index >= 15 is 0 Å². The summed E-state index contributed by atoms with van der Waals surface area (Å²) >= 11 is 0. The summed E-state index contributed by atoms with van der Waals surface area (Å²) in [6.45, 7) is -0.556. The first-order valence-electron chi connectivity index (χ1n) is 7.22. The van der Waals surface area contributed by atoms with Crippen molar-refractivity contribution in [3.05, 3.63) is 42.2 Å². The topological polar surface area (TPSA) is 84.5 Å². The number of anilines is 1. The zero-order valence-corrected chi connectivity index (χ0v) is 12.4. The number of allylic oxidation sites excluding steroid dienone is 2. The van der Waals surface area contributed by atoms with Gasteiger partial charge in [0.2, 0.25) is 0 Å². The van der Waals surface area contributed by atoms with Crippen molar-refractivity contribution in [3.63, 3.8) is 0 Å². The quantitative estimate of drug-likeness (QED) is 0.644. The molecule has 122 valence electrons. The van der Waals surface area contributed by atoms with Gasteiger partial charge >= 0.3 is 12.0 Å². The van der Waals surface area contributed by atoms with Crippen LogP contribution in [0.1, 0.15) is 19.3 Å². The molecule has 1 aromatic rings.